The standard InChI is InChI=1S/C32H33N3O6.C8H9NO2/c1-40-29-19-28-30(18-23(29)20-36)41-32(39)34(28)16-6-5-7-21-10-15-26(22-8-3-2-4-9-22)27(17-21)35(31(37)38)25-13-11-24(33)12-14-25;10-8(11)9-6-7-4-2-1-3-5-7/h2-5,7-10,15,17-20,24-25H,6,11-14,16,33H2,1H3,(H,37,38);1-5,9H,6H2,(H,10,11)/t24-,25-;. The molecule has 0 bridgehead atoms. The number of hydrogen-bond donors (Lipinski definition) is 4. The first-order valence-electron chi connectivity index (χ1n) is 17.0. The maximum atomic E-state index is 12.6. The Labute approximate surface area is 300 Å². The Hall–Kier alpha value is -6.14. The van der Waals surface area contributed by atoms with Crippen molar-refractivity contribution >= 4 is 41.3 Å². The number of anilines is 1. The molecule has 12 heteroatoms. The topological polar surface area (TPSA) is 177 Å². The van der Waals surface area contributed by atoms with Crippen LogP contribution in [0, 0.1) is 0 Å². The van der Waals surface area contributed by atoms with Crippen LogP contribution in [0.4, 0.5) is 15.3 Å². The summed E-state index contributed by atoms with van der Waals surface area (Å²) in [5, 5.41) is 20.9. The van der Waals surface area contributed by atoms with E-state index in [1.165, 1.54) is 22.6 Å². The number of aldehydes is 1. The van der Waals surface area contributed by atoms with Gasteiger partial charge >= 0.3 is 17.9 Å². The van der Waals surface area contributed by atoms with Crippen molar-refractivity contribution in [3.05, 3.63) is 124 Å². The first kappa shape index (κ1) is 37.1. The Morgan fingerprint density at radius 3 is 2.31 bits per heavy atom. The molecule has 0 aliphatic heterocycles. The maximum absolute atomic E-state index is 12.6. The lowest BCUT2D eigenvalue weighted by atomic mass is 9.89. The molecular weight excluding hydrogens is 664 g/mol. The first-order valence-corrected chi connectivity index (χ1v) is 17.0. The molecular formula is C40H42N4O8. The van der Waals surface area contributed by atoms with Crippen LogP contribution in [0.3, 0.4) is 0 Å². The summed E-state index contributed by atoms with van der Waals surface area (Å²) in [6, 6.07) is 28.1. The summed E-state index contributed by atoms with van der Waals surface area (Å²) in [4.78, 5) is 48.0. The molecule has 270 valence electrons. The van der Waals surface area contributed by atoms with Gasteiger partial charge in [-0.1, -0.05) is 84.9 Å². The number of amides is 2. The molecule has 52 heavy (non-hydrogen) atoms. The molecule has 0 unspecified atom stereocenters. The highest BCUT2D eigenvalue weighted by Gasteiger charge is 2.30. The van der Waals surface area contributed by atoms with Gasteiger partial charge in [0.2, 0.25) is 0 Å². The van der Waals surface area contributed by atoms with Gasteiger partial charge in [-0.3, -0.25) is 14.3 Å². The van der Waals surface area contributed by atoms with Gasteiger partial charge in [-0.25, -0.2) is 14.4 Å². The predicted octanol–water partition coefficient (Wildman–Crippen LogP) is 7.39. The molecule has 0 radical (unpaired) electrons. The van der Waals surface area contributed by atoms with E-state index in [1.54, 1.807) is 6.07 Å². The second-order valence-electron chi connectivity index (χ2n) is 12.4. The summed E-state index contributed by atoms with van der Waals surface area (Å²) < 4.78 is 12.1. The zero-order valence-electron chi connectivity index (χ0n) is 28.8. The van der Waals surface area contributed by atoms with Gasteiger partial charge in [0.1, 0.15) is 5.75 Å². The normalized spacial score (nSPS) is 15.4. The minimum Gasteiger partial charge on any atom is -0.496 e. The Bertz CT molecular complexity index is 2070. The number of ether oxygens (including phenoxy) is 1. The molecule has 1 aliphatic rings. The van der Waals surface area contributed by atoms with Crippen LogP contribution < -0.4 is 26.4 Å². The molecule has 5 aromatic rings. The number of methoxy groups -OCH3 is 1. The zero-order valence-corrected chi connectivity index (χ0v) is 28.8. The number of carbonyl (C=O) groups is 3. The zero-order chi connectivity index (χ0) is 37.0. The van der Waals surface area contributed by atoms with Gasteiger partial charge in [0.25, 0.3) is 0 Å². The minimum absolute atomic E-state index is 0.109. The molecule has 1 aromatic heterocycles. The Kier molecular flexibility index (Phi) is 12.6. The van der Waals surface area contributed by atoms with E-state index < -0.39 is 17.9 Å². The number of hydrogen-bond acceptors (Lipinski definition) is 7. The van der Waals surface area contributed by atoms with Crippen molar-refractivity contribution in [1.82, 2.24) is 9.88 Å². The number of aromatic nitrogens is 1. The van der Waals surface area contributed by atoms with Crippen molar-refractivity contribution in [2.45, 2.75) is 57.3 Å². The molecule has 0 spiro atoms. The third kappa shape index (κ3) is 9.34. The highest BCUT2D eigenvalue weighted by atomic mass is 16.5. The highest BCUT2D eigenvalue weighted by Crippen LogP contribution is 2.36. The smallest absolute Gasteiger partial charge is 0.419 e. The van der Waals surface area contributed by atoms with Crippen LogP contribution in [0.5, 0.6) is 5.75 Å². The van der Waals surface area contributed by atoms with Crippen LogP contribution in [0.25, 0.3) is 28.3 Å². The minimum atomic E-state index is -0.992. The molecule has 1 saturated carbocycles. The summed E-state index contributed by atoms with van der Waals surface area (Å²) in [6.45, 7) is 0.723. The summed E-state index contributed by atoms with van der Waals surface area (Å²) in [7, 11) is 1.46. The summed E-state index contributed by atoms with van der Waals surface area (Å²) in [5.74, 6) is -0.149. The van der Waals surface area contributed by atoms with Gasteiger partial charge in [-0.05, 0) is 60.9 Å². The van der Waals surface area contributed by atoms with E-state index in [2.05, 4.69) is 5.32 Å². The molecule has 1 heterocycles. The maximum Gasteiger partial charge on any atom is 0.419 e. The number of benzene rings is 4. The lowest BCUT2D eigenvalue weighted by Gasteiger charge is -2.35. The van der Waals surface area contributed by atoms with E-state index >= 15 is 0 Å². The van der Waals surface area contributed by atoms with Crippen LogP contribution in [0.15, 0.2) is 106 Å². The number of nitrogens with zero attached hydrogens (tertiary/aromatic N) is 2. The lowest BCUT2D eigenvalue weighted by molar-refractivity contribution is 0.112. The molecule has 1 aliphatic carbocycles. The number of nitrogens with one attached hydrogen (secondary N) is 1. The monoisotopic (exact) mass is 706 g/mol. The number of oxazole rings is 1. The second-order valence-corrected chi connectivity index (χ2v) is 12.4. The molecule has 1 fully saturated rings. The van der Waals surface area contributed by atoms with E-state index in [1.807, 2.05) is 91.0 Å². The van der Waals surface area contributed by atoms with E-state index in [9.17, 15) is 24.3 Å². The van der Waals surface area contributed by atoms with Gasteiger partial charge in [-0.2, -0.15) is 0 Å². The number of nitrogens with two attached hydrogens (primary N) is 1. The molecule has 12 nitrogen and oxygen atoms in total. The van der Waals surface area contributed by atoms with Crippen molar-refractivity contribution in [3.8, 4) is 16.9 Å². The van der Waals surface area contributed by atoms with Crippen LogP contribution in [0.2, 0.25) is 0 Å². The van der Waals surface area contributed by atoms with E-state index in [0.29, 0.717) is 66.7 Å². The first-order chi connectivity index (χ1) is 25.2. The fourth-order valence-electron chi connectivity index (χ4n) is 6.31. The molecule has 0 atom stereocenters. The number of carboxylic acid groups (broad SMARTS) is 2. The Balaban J connectivity index is 0.000000407. The van der Waals surface area contributed by atoms with Crippen molar-refractivity contribution in [2.24, 2.45) is 5.73 Å². The number of carbonyl (C=O) groups excluding carboxylic acids is 1. The van der Waals surface area contributed by atoms with E-state index in [0.717, 1.165) is 35.1 Å². The van der Waals surface area contributed by atoms with Gasteiger partial charge in [0.05, 0.1) is 23.9 Å². The van der Waals surface area contributed by atoms with Crippen LogP contribution >= 0.6 is 0 Å². The second kappa shape index (κ2) is 17.7. The molecule has 0 saturated heterocycles. The van der Waals surface area contributed by atoms with Gasteiger partial charge in [0.15, 0.2) is 11.9 Å². The third-order valence-corrected chi connectivity index (χ3v) is 8.94. The number of fused-ring (bicyclic) bond motifs is 1. The largest absolute Gasteiger partial charge is 0.496 e. The summed E-state index contributed by atoms with van der Waals surface area (Å²) >= 11 is 0. The molecule has 2 amide bonds. The molecule has 4 aromatic carbocycles. The molecule has 6 rings (SSSR count). The van der Waals surface area contributed by atoms with Crippen molar-refractivity contribution in [3.63, 3.8) is 0 Å². The Morgan fingerprint density at radius 2 is 1.67 bits per heavy atom. The van der Waals surface area contributed by atoms with Gasteiger partial charge in [-0.15, -0.1) is 0 Å². The third-order valence-electron chi connectivity index (χ3n) is 8.94. The summed E-state index contributed by atoms with van der Waals surface area (Å²) in [5.41, 5.74) is 11.5. The van der Waals surface area contributed by atoms with Crippen LogP contribution in [-0.2, 0) is 13.1 Å². The van der Waals surface area contributed by atoms with Crippen LogP contribution in [0.1, 0.15) is 53.6 Å². The van der Waals surface area contributed by atoms with Crippen LogP contribution in [-0.4, -0.2) is 52.4 Å². The fourth-order valence-corrected chi connectivity index (χ4v) is 6.31. The van der Waals surface area contributed by atoms with E-state index in [4.69, 9.17) is 20.0 Å². The SMILES string of the molecule is COc1cc2c(cc1C=O)oc(=O)n2CCC=Cc1ccc(-c2ccccc2)c(N(C(=O)O)[C@H]2CC[C@H](N)CC2)c1.O=C(O)NCc1ccccc1. The lowest BCUT2D eigenvalue weighted by Crippen LogP contribution is -2.44. The van der Waals surface area contributed by atoms with Gasteiger partial charge in [0, 0.05) is 36.8 Å². The highest BCUT2D eigenvalue weighted by molar-refractivity contribution is 5.94. The quantitative estimate of drug-likeness (QED) is 0.102. The summed E-state index contributed by atoms with van der Waals surface area (Å²) in [6.07, 6.45) is 6.08. The van der Waals surface area contributed by atoms with Crippen molar-refractivity contribution in [2.75, 3.05) is 12.0 Å². The number of aryl methyl sites for hydroxylation is 1. The molecule has 5 N–H and O–H groups in total. The fraction of sp³-hybridized carbons (Fsp3) is 0.250. The predicted molar refractivity (Wildman–Crippen MR) is 200 cm³/mol. The van der Waals surface area contributed by atoms with Crippen molar-refractivity contribution < 1.29 is 33.8 Å². The van der Waals surface area contributed by atoms with Gasteiger partial charge < -0.3 is 30.4 Å². The van der Waals surface area contributed by atoms with Crippen molar-refractivity contribution in [1.29, 1.82) is 0 Å². The number of rotatable bonds is 11. The average molecular weight is 707 g/mol. The number of allylic oxidation sites excluding steroid dienone is 1. The Morgan fingerprint density at radius 1 is 0.981 bits per heavy atom. The van der Waals surface area contributed by atoms with E-state index in [-0.39, 0.29) is 12.1 Å². The average Bonchev–Trinajstić information content (AvgIpc) is 3.46.